The van der Waals surface area contributed by atoms with Crippen molar-refractivity contribution in [1.29, 1.82) is 5.26 Å². The summed E-state index contributed by atoms with van der Waals surface area (Å²) < 4.78 is 0. The predicted octanol–water partition coefficient (Wildman–Crippen LogP) is 1.57. The van der Waals surface area contributed by atoms with Crippen LogP contribution in [0.25, 0.3) is 0 Å². The minimum atomic E-state index is -1.26. The first-order chi connectivity index (χ1) is 8.41. The van der Waals surface area contributed by atoms with Crippen LogP contribution in [0.2, 0.25) is 0 Å². The molecule has 2 N–H and O–H groups in total. The third-order valence-electron chi connectivity index (χ3n) is 2.77. The maximum Gasteiger partial charge on any atom is 0.329 e. The van der Waals surface area contributed by atoms with Crippen LogP contribution in [-0.2, 0) is 4.79 Å². The molecule has 0 aromatic carbocycles. The average Bonchev–Trinajstić information content (AvgIpc) is 2.30. The number of carbonyl (C=O) groups is 2. The van der Waals surface area contributed by atoms with Gasteiger partial charge in [0.05, 0.1) is 12.5 Å². The first kappa shape index (κ1) is 16.2. The van der Waals surface area contributed by atoms with E-state index in [1.54, 1.807) is 6.92 Å². The predicted molar refractivity (Wildman–Crippen MR) is 67.0 cm³/mol. The van der Waals surface area contributed by atoms with Gasteiger partial charge in [-0.25, -0.2) is 9.59 Å². The van der Waals surface area contributed by atoms with Gasteiger partial charge in [0.1, 0.15) is 5.54 Å². The molecule has 0 spiro atoms. The Kier molecular flexibility index (Phi) is 6.79. The van der Waals surface area contributed by atoms with Crippen LogP contribution in [0.4, 0.5) is 4.79 Å². The summed E-state index contributed by atoms with van der Waals surface area (Å²) in [5, 5.41) is 20.2. The molecule has 1 atom stereocenters. The third kappa shape index (κ3) is 4.62. The van der Waals surface area contributed by atoms with Crippen LogP contribution in [-0.4, -0.2) is 40.6 Å². The van der Waals surface area contributed by atoms with Gasteiger partial charge in [-0.1, -0.05) is 13.3 Å². The minimum Gasteiger partial charge on any atom is -0.480 e. The fourth-order valence-electron chi connectivity index (χ4n) is 1.63. The number of hydrogen-bond acceptors (Lipinski definition) is 3. The molecule has 2 amide bonds. The SMILES string of the molecule is CCCC(C)(NC(=O)N(CC)CCC#N)C(=O)O. The zero-order valence-corrected chi connectivity index (χ0v) is 11.2. The van der Waals surface area contributed by atoms with Crippen molar-refractivity contribution >= 4 is 12.0 Å². The molecule has 0 radical (unpaired) electrons. The van der Waals surface area contributed by atoms with E-state index in [0.717, 1.165) is 0 Å². The Hall–Kier alpha value is -1.77. The molecule has 6 heteroatoms. The summed E-state index contributed by atoms with van der Waals surface area (Å²) in [5.74, 6) is -1.05. The summed E-state index contributed by atoms with van der Waals surface area (Å²) in [7, 11) is 0. The Morgan fingerprint density at radius 2 is 2.06 bits per heavy atom. The monoisotopic (exact) mass is 255 g/mol. The summed E-state index contributed by atoms with van der Waals surface area (Å²) in [5.41, 5.74) is -1.26. The number of nitrogens with one attached hydrogen (secondary N) is 1. The summed E-state index contributed by atoms with van der Waals surface area (Å²) >= 11 is 0. The van der Waals surface area contributed by atoms with E-state index in [2.05, 4.69) is 5.32 Å². The van der Waals surface area contributed by atoms with Crippen molar-refractivity contribution in [2.45, 2.75) is 45.6 Å². The Bertz CT molecular complexity index is 338. The van der Waals surface area contributed by atoms with Crippen molar-refractivity contribution in [3.63, 3.8) is 0 Å². The number of nitrogens with zero attached hydrogens (tertiary/aromatic N) is 2. The molecule has 0 aromatic heterocycles. The van der Waals surface area contributed by atoms with E-state index in [1.165, 1.54) is 11.8 Å². The highest BCUT2D eigenvalue weighted by Gasteiger charge is 2.34. The molecule has 0 bridgehead atoms. The lowest BCUT2D eigenvalue weighted by Crippen LogP contribution is -2.56. The summed E-state index contributed by atoms with van der Waals surface area (Å²) in [6.07, 6.45) is 1.26. The molecule has 0 aromatic rings. The van der Waals surface area contributed by atoms with Gasteiger partial charge in [-0.2, -0.15) is 5.26 Å². The summed E-state index contributed by atoms with van der Waals surface area (Å²) in [4.78, 5) is 24.5. The first-order valence-corrected chi connectivity index (χ1v) is 6.08. The number of carbonyl (C=O) groups excluding carboxylic acids is 1. The van der Waals surface area contributed by atoms with Crippen LogP contribution in [0, 0.1) is 11.3 Å². The van der Waals surface area contributed by atoms with Gasteiger partial charge >= 0.3 is 12.0 Å². The zero-order chi connectivity index (χ0) is 14.2. The quantitative estimate of drug-likeness (QED) is 0.722. The largest absolute Gasteiger partial charge is 0.480 e. The van der Waals surface area contributed by atoms with Crippen LogP contribution in [0.5, 0.6) is 0 Å². The molecule has 0 saturated carbocycles. The second kappa shape index (κ2) is 7.54. The highest BCUT2D eigenvalue weighted by atomic mass is 16.4. The number of carboxylic acid groups (broad SMARTS) is 1. The molecule has 1 unspecified atom stereocenters. The molecule has 0 rings (SSSR count). The Morgan fingerprint density at radius 3 is 2.44 bits per heavy atom. The molecule has 0 saturated heterocycles. The Morgan fingerprint density at radius 1 is 1.44 bits per heavy atom. The molecule has 0 aliphatic carbocycles. The molecule has 0 aliphatic heterocycles. The van der Waals surface area contributed by atoms with E-state index in [0.29, 0.717) is 25.9 Å². The maximum absolute atomic E-state index is 11.9. The average molecular weight is 255 g/mol. The van der Waals surface area contributed by atoms with Crippen molar-refractivity contribution in [1.82, 2.24) is 10.2 Å². The second-order valence-electron chi connectivity index (χ2n) is 4.31. The van der Waals surface area contributed by atoms with Gasteiger partial charge in [-0.15, -0.1) is 0 Å². The first-order valence-electron chi connectivity index (χ1n) is 6.08. The Labute approximate surface area is 108 Å². The van der Waals surface area contributed by atoms with Crippen LogP contribution in [0.1, 0.15) is 40.0 Å². The van der Waals surface area contributed by atoms with Crippen LogP contribution in [0.3, 0.4) is 0 Å². The lowest BCUT2D eigenvalue weighted by molar-refractivity contribution is -0.144. The topological polar surface area (TPSA) is 93.4 Å². The highest BCUT2D eigenvalue weighted by molar-refractivity contribution is 5.85. The van der Waals surface area contributed by atoms with Crippen molar-refractivity contribution in [3.8, 4) is 6.07 Å². The number of aliphatic carboxylic acids is 1. The van der Waals surface area contributed by atoms with Crippen molar-refractivity contribution in [2.75, 3.05) is 13.1 Å². The molecule has 0 aliphatic rings. The van der Waals surface area contributed by atoms with Crippen molar-refractivity contribution in [3.05, 3.63) is 0 Å². The summed E-state index contributed by atoms with van der Waals surface area (Å²) in [6, 6.07) is 1.52. The van der Waals surface area contributed by atoms with Crippen molar-refractivity contribution in [2.24, 2.45) is 0 Å². The smallest absolute Gasteiger partial charge is 0.329 e. The van der Waals surface area contributed by atoms with Gasteiger partial charge in [0.25, 0.3) is 0 Å². The van der Waals surface area contributed by atoms with E-state index in [-0.39, 0.29) is 6.42 Å². The minimum absolute atomic E-state index is 0.235. The van der Waals surface area contributed by atoms with E-state index in [4.69, 9.17) is 10.4 Å². The molecule has 102 valence electrons. The maximum atomic E-state index is 11.9. The van der Waals surface area contributed by atoms with Gasteiger partial charge in [-0.05, 0) is 20.3 Å². The number of rotatable bonds is 7. The molecular formula is C12H21N3O3. The number of urea groups is 1. The normalized spacial score (nSPS) is 13.2. The van der Waals surface area contributed by atoms with Gasteiger partial charge < -0.3 is 15.3 Å². The third-order valence-corrected chi connectivity index (χ3v) is 2.77. The Balaban J connectivity index is 4.67. The number of amides is 2. The number of hydrogen-bond donors (Lipinski definition) is 2. The lowest BCUT2D eigenvalue weighted by Gasteiger charge is -2.29. The highest BCUT2D eigenvalue weighted by Crippen LogP contribution is 2.13. The zero-order valence-electron chi connectivity index (χ0n) is 11.2. The fourth-order valence-corrected chi connectivity index (χ4v) is 1.63. The number of nitriles is 1. The fraction of sp³-hybridized carbons (Fsp3) is 0.750. The molecule has 0 heterocycles. The van der Waals surface area contributed by atoms with E-state index in [9.17, 15) is 9.59 Å². The van der Waals surface area contributed by atoms with Crippen molar-refractivity contribution < 1.29 is 14.7 Å². The van der Waals surface area contributed by atoms with Gasteiger partial charge in [0.15, 0.2) is 0 Å². The van der Waals surface area contributed by atoms with E-state index < -0.39 is 17.5 Å². The lowest BCUT2D eigenvalue weighted by atomic mass is 9.96. The molecular weight excluding hydrogens is 234 g/mol. The van der Waals surface area contributed by atoms with Gasteiger partial charge in [-0.3, -0.25) is 0 Å². The molecule has 18 heavy (non-hydrogen) atoms. The van der Waals surface area contributed by atoms with Gasteiger partial charge in [0, 0.05) is 13.1 Å². The standard InChI is InChI=1S/C12H21N3O3/c1-4-7-12(3,10(16)17)14-11(18)15(5-2)9-6-8-13/h4-7,9H2,1-3H3,(H,14,18)(H,16,17). The van der Waals surface area contributed by atoms with Gasteiger partial charge in [0.2, 0.25) is 0 Å². The van der Waals surface area contributed by atoms with E-state index in [1.807, 2.05) is 13.0 Å². The molecule has 6 nitrogen and oxygen atoms in total. The van der Waals surface area contributed by atoms with E-state index >= 15 is 0 Å². The van der Waals surface area contributed by atoms with Crippen LogP contribution >= 0.6 is 0 Å². The molecule has 0 fully saturated rings. The van der Waals surface area contributed by atoms with Crippen LogP contribution in [0.15, 0.2) is 0 Å². The van der Waals surface area contributed by atoms with Crippen LogP contribution < -0.4 is 5.32 Å². The number of carboxylic acids is 1. The summed E-state index contributed by atoms with van der Waals surface area (Å²) in [6.45, 7) is 5.89. The second-order valence-corrected chi connectivity index (χ2v) is 4.31.